The number of carbonyl (C=O) groups is 1. The first kappa shape index (κ1) is 17.6. The second-order valence-corrected chi connectivity index (χ2v) is 7.10. The van der Waals surface area contributed by atoms with Crippen LogP contribution in [0.1, 0.15) is 48.2 Å². The van der Waals surface area contributed by atoms with Crippen LogP contribution < -0.4 is 10.1 Å². The molecule has 1 unspecified atom stereocenters. The van der Waals surface area contributed by atoms with E-state index in [-0.39, 0.29) is 11.5 Å². The number of amides is 1. The maximum atomic E-state index is 12.4. The Balaban J connectivity index is 1.83. The van der Waals surface area contributed by atoms with Crippen molar-refractivity contribution in [2.24, 2.45) is 0 Å². The lowest BCUT2D eigenvalue weighted by molar-refractivity contribution is 0.102. The monoisotopic (exact) mass is 355 g/mol. The molecule has 0 fully saturated rings. The van der Waals surface area contributed by atoms with Gasteiger partial charge in [-0.25, -0.2) is 0 Å². The molecule has 1 atom stereocenters. The van der Waals surface area contributed by atoms with E-state index in [1.165, 1.54) is 0 Å². The predicted octanol–water partition coefficient (Wildman–Crippen LogP) is 5.87. The largest absolute Gasteiger partial charge is 0.483 e. The Labute approximate surface area is 153 Å². The summed E-state index contributed by atoms with van der Waals surface area (Å²) in [5.74, 6) is 0.705. The summed E-state index contributed by atoms with van der Waals surface area (Å²) in [6.07, 6.45) is 6.20. The molecule has 0 bridgehead atoms. The molecule has 3 nitrogen and oxygen atoms in total. The van der Waals surface area contributed by atoms with Crippen LogP contribution >= 0.6 is 11.6 Å². The van der Waals surface area contributed by atoms with E-state index in [1.54, 1.807) is 24.3 Å². The summed E-state index contributed by atoms with van der Waals surface area (Å²) in [6, 6.07) is 10.8. The van der Waals surface area contributed by atoms with Crippen LogP contribution in [-0.4, -0.2) is 11.5 Å². The zero-order valence-electron chi connectivity index (χ0n) is 14.7. The molecule has 25 heavy (non-hydrogen) atoms. The Morgan fingerprint density at radius 3 is 2.64 bits per heavy atom. The number of hydrogen-bond donors (Lipinski definition) is 1. The van der Waals surface area contributed by atoms with Crippen molar-refractivity contribution >= 4 is 29.3 Å². The summed E-state index contributed by atoms with van der Waals surface area (Å²) in [4.78, 5) is 12.4. The second kappa shape index (κ2) is 6.93. The van der Waals surface area contributed by atoms with E-state index < -0.39 is 0 Å². The SMILES string of the molecule is CCCC1(C)C=Cc2cc(NC(=O)c3ccc(Cl)cc3)c(C)cc2O1. The van der Waals surface area contributed by atoms with Crippen LogP contribution in [0.15, 0.2) is 42.5 Å². The maximum Gasteiger partial charge on any atom is 0.255 e. The molecule has 1 aliphatic heterocycles. The van der Waals surface area contributed by atoms with Gasteiger partial charge in [0.2, 0.25) is 0 Å². The summed E-state index contributed by atoms with van der Waals surface area (Å²) >= 11 is 5.87. The van der Waals surface area contributed by atoms with E-state index in [4.69, 9.17) is 16.3 Å². The molecule has 2 aromatic carbocycles. The molecule has 0 spiro atoms. The van der Waals surface area contributed by atoms with E-state index in [9.17, 15) is 4.79 Å². The predicted molar refractivity (Wildman–Crippen MR) is 104 cm³/mol. The fourth-order valence-electron chi connectivity index (χ4n) is 3.03. The Morgan fingerprint density at radius 1 is 1.24 bits per heavy atom. The van der Waals surface area contributed by atoms with Gasteiger partial charge >= 0.3 is 0 Å². The first-order valence-electron chi connectivity index (χ1n) is 8.50. The van der Waals surface area contributed by atoms with Gasteiger partial charge in [-0.3, -0.25) is 4.79 Å². The first-order chi connectivity index (χ1) is 11.9. The quantitative estimate of drug-likeness (QED) is 0.745. The number of benzene rings is 2. The molecule has 0 aromatic heterocycles. The summed E-state index contributed by atoms with van der Waals surface area (Å²) in [5.41, 5.74) is 3.04. The van der Waals surface area contributed by atoms with Gasteiger partial charge in [-0.15, -0.1) is 0 Å². The minimum absolute atomic E-state index is 0.156. The summed E-state index contributed by atoms with van der Waals surface area (Å²) in [6.45, 7) is 6.22. The van der Waals surface area contributed by atoms with Crippen LogP contribution in [0.4, 0.5) is 5.69 Å². The Morgan fingerprint density at radius 2 is 1.96 bits per heavy atom. The van der Waals surface area contributed by atoms with E-state index >= 15 is 0 Å². The highest BCUT2D eigenvalue weighted by molar-refractivity contribution is 6.30. The zero-order valence-corrected chi connectivity index (χ0v) is 15.5. The van der Waals surface area contributed by atoms with Gasteiger partial charge in [-0.05, 0) is 68.3 Å². The van der Waals surface area contributed by atoms with E-state index in [2.05, 4.69) is 31.3 Å². The lowest BCUT2D eigenvalue weighted by Gasteiger charge is -2.32. The minimum Gasteiger partial charge on any atom is -0.483 e. The molecular formula is C21H22ClNO2. The van der Waals surface area contributed by atoms with Crippen molar-refractivity contribution in [2.75, 3.05) is 5.32 Å². The summed E-state index contributed by atoms with van der Waals surface area (Å²) in [7, 11) is 0. The smallest absolute Gasteiger partial charge is 0.255 e. The molecule has 2 aromatic rings. The van der Waals surface area contributed by atoms with Crippen LogP contribution in [0, 0.1) is 6.92 Å². The maximum absolute atomic E-state index is 12.4. The molecule has 1 aliphatic rings. The Hall–Kier alpha value is -2.26. The zero-order chi connectivity index (χ0) is 18.0. The van der Waals surface area contributed by atoms with Gasteiger partial charge in [0.25, 0.3) is 5.91 Å². The molecule has 0 radical (unpaired) electrons. The van der Waals surface area contributed by atoms with E-state index in [0.717, 1.165) is 35.4 Å². The van der Waals surface area contributed by atoms with Gasteiger partial charge in [0.1, 0.15) is 11.4 Å². The number of carbonyl (C=O) groups excluding carboxylic acids is 1. The Kier molecular flexibility index (Phi) is 4.87. The van der Waals surface area contributed by atoms with Crippen molar-refractivity contribution in [2.45, 2.75) is 39.2 Å². The van der Waals surface area contributed by atoms with Crippen LogP contribution in [-0.2, 0) is 0 Å². The molecule has 1 N–H and O–H groups in total. The summed E-state index contributed by atoms with van der Waals surface area (Å²) < 4.78 is 6.18. The first-order valence-corrected chi connectivity index (χ1v) is 8.88. The lowest BCUT2D eigenvalue weighted by Crippen LogP contribution is -2.31. The van der Waals surface area contributed by atoms with Crippen LogP contribution in [0.5, 0.6) is 5.75 Å². The van der Waals surface area contributed by atoms with Gasteiger partial charge in [0, 0.05) is 21.8 Å². The number of hydrogen-bond acceptors (Lipinski definition) is 2. The second-order valence-electron chi connectivity index (χ2n) is 6.66. The van der Waals surface area contributed by atoms with Gasteiger partial charge in [0.05, 0.1) is 0 Å². The van der Waals surface area contributed by atoms with Gasteiger partial charge in [-0.2, -0.15) is 0 Å². The molecule has 4 heteroatoms. The van der Waals surface area contributed by atoms with Crippen molar-refractivity contribution in [1.29, 1.82) is 0 Å². The number of anilines is 1. The summed E-state index contributed by atoms with van der Waals surface area (Å²) in [5, 5.41) is 3.58. The highest BCUT2D eigenvalue weighted by atomic mass is 35.5. The van der Waals surface area contributed by atoms with E-state index in [1.807, 2.05) is 19.1 Å². The number of halogens is 1. The number of rotatable bonds is 4. The topological polar surface area (TPSA) is 38.3 Å². The highest BCUT2D eigenvalue weighted by Gasteiger charge is 2.27. The normalized spacial score (nSPS) is 18.4. The van der Waals surface area contributed by atoms with Crippen molar-refractivity contribution in [3.8, 4) is 5.75 Å². The van der Waals surface area contributed by atoms with Crippen molar-refractivity contribution < 1.29 is 9.53 Å². The third kappa shape index (κ3) is 3.88. The van der Waals surface area contributed by atoms with Gasteiger partial charge < -0.3 is 10.1 Å². The van der Waals surface area contributed by atoms with E-state index in [0.29, 0.717) is 10.6 Å². The van der Waals surface area contributed by atoms with Crippen molar-refractivity contribution in [3.63, 3.8) is 0 Å². The van der Waals surface area contributed by atoms with Crippen LogP contribution in [0.2, 0.25) is 5.02 Å². The van der Waals surface area contributed by atoms with Gasteiger partial charge in [0.15, 0.2) is 0 Å². The average molecular weight is 356 g/mol. The molecule has 0 saturated heterocycles. The number of aryl methyl sites for hydroxylation is 1. The third-order valence-corrected chi connectivity index (χ3v) is 4.67. The standard InChI is InChI=1S/C21H22ClNO2/c1-4-10-21(3)11-9-16-13-18(14(2)12-19(16)25-21)23-20(24)15-5-7-17(22)8-6-15/h5-9,11-13H,4,10H2,1-3H3,(H,23,24). The molecule has 0 aliphatic carbocycles. The molecule has 0 saturated carbocycles. The number of nitrogens with one attached hydrogen (secondary N) is 1. The molecular weight excluding hydrogens is 334 g/mol. The Bertz CT molecular complexity index is 827. The fourth-order valence-corrected chi connectivity index (χ4v) is 3.16. The highest BCUT2D eigenvalue weighted by Crippen LogP contribution is 2.36. The van der Waals surface area contributed by atoms with Crippen molar-refractivity contribution in [1.82, 2.24) is 0 Å². The van der Waals surface area contributed by atoms with Crippen LogP contribution in [0.25, 0.3) is 6.08 Å². The average Bonchev–Trinajstić information content (AvgIpc) is 2.56. The van der Waals surface area contributed by atoms with Crippen molar-refractivity contribution in [3.05, 3.63) is 64.2 Å². The third-order valence-electron chi connectivity index (χ3n) is 4.42. The van der Waals surface area contributed by atoms with Crippen LogP contribution in [0.3, 0.4) is 0 Å². The molecule has 3 rings (SSSR count). The fraction of sp³-hybridized carbons (Fsp3) is 0.286. The number of fused-ring (bicyclic) bond motifs is 1. The molecule has 130 valence electrons. The molecule has 1 heterocycles. The minimum atomic E-state index is -0.262. The molecule has 1 amide bonds. The number of ether oxygens (including phenoxy) is 1. The van der Waals surface area contributed by atoms with Gasteiger partial charge in [-0.1, -0.05) is 31.0 Å². The lowest BCUT2D eigenvalue weighted by atomic mass is 9.94.